The van der Waals surface area contributed by atoms with Crippen LogP contribution in [0.15, 0.2) is 36.5 Å². The maximum absolute atomic E-state index is 14.2. The van der Waals surface area contributed by atoms with Crippen molar-refractivity contribution in [1.29, 1.82) is 5.26 Å². The smallest absolute Gasteiger partial charge is 0.409 e. The Morgan fingerprint density at radius 2 is 2.00 bits per heavy atom. The summed E-state index contributed by atoms with van der Waals surface area (Å²) in [5.74, 6) is -0.402. The molecule has 0 radical (unpaired) electrons. The van der Waals surface area contributed by atoms with Crippen molar-refractivity contribution in [3.8, 4) is 6.07 Å². The lowest BCUT2D eigenvalue weighted by molar-refractivity contribution is 0.0778. The topological polar surface area (TPSA) is 111 Å². The lowest BCUT2D eigenvalue weighted by atomic mass is 10.1. The number of hydrogen-bond acceptors (Lipinski definition) is 6. The van der Waals surface area contributed by atoms with Crippen molar-refractivity contribution < 1.29 is 18.7 Å². The third-order valence-electron chi connectivity index (χ3n) is 4.99. The summed E-state index contributed by atoms with van der Waals surface area (Å²) in [4.78, 5) is 31.6. The molecule has 1 fully saturated rings. The molecular weight excluding hydrogens is 415 g/mol. The van der Waals surface area contributed by atoms with Crippen LogP contribution in [0.25, 0.3) is 0 Å². The number of halogens is 1. The highest BCUT2D eigenvalue weighted by atomic mass is 19.1. The van der Waals surface area contributed by atoms with E-state index in [1.54, 1.807) is 30.0 Å². The number of anilines is 1. The molecular formula is C22H25FN6O3. The van der Waals surface area contributed by atoms with Crippen molar-refractivity contribution in [2.45, 2.75) is 20.0 Å². The van der Waals surface area contributed by atoms with Crippen molar-refractivity contribution in [3.63, 3.8) is 0 Å². The number of pyridine rings is 1. The highest BCUT2D eigenvalue weighted by Crippen LogP contribution is 2.15. The number of urea groups is 1. The first-order valence-corrected chi connectivity index (χ1v) is 10.3. The van der Waals surface area contributed by atoms with Crippen LogP contribution in [-0.2, 0) is 17.8 Å². The van der Waals surface area contributed by atoms with E-state index in [1.807, 2.05) is 6.07 Å². The number of ether oxygens (including phenoxy) is 1. The molecule has 0 bridgehead atoms. The zero-order valence-electron chi connectivity index (χ0n) is 17.8. The van der Waals surface area contributed by atoms with Crippen LogP contribution in [0.3, 0.4) is 0 Å². The minimum absolute atomic E-state index is 0.0197. The average Bonchev–Trinajstić information content (AvgIpc) is 2.80. The number of nitrogens with one attached hydrogen (secondary N) is 2. The SMILES string of the molecule is CCOC(=O)N1CCN(Cc2ccc(F)c(CNC(=O)Nc3ccc(C#N)nc3)c2)CC1. The van der Waals surface area contributed by atoms with E-state index in [-0.39, 0.29) is 18.3 Å². The van der Waals surface area contributed by atoms with Gasteiger partial charge in [0.25, 0.3) is 0 Å². The Labute approximate surface area is 185 Å². The monoisotopic (exact) mass is 440 g/mol. The zero-order valence-corrected chi connectivity index (χ0v) is 17.8. The summed E-state index contributed by atoms with van der Waals surface area (Å²) in [6.45, 7) is 5.34. The van der Waals surface area contributed by atoms with Gasteiger partial charge >= 0.3 is 12.1 Å². The number of amides is 3. The molecule has 0 spiro atoms. The molecule has 2 aromatic rings. The van der Waals surface area contributed by atoms with Gasteiger partial charge in [-0.05, 0) is 36.8 Å². The molecule has 2 N–H and O–H groups in total. The van der Waals surface area contributed by atoms with E-state index in [2.05, 4.69) is 20.5 Å². The number of nitriles is 1. The summed E-state index contributed by atoms with van der Waals surface area (Å²) >= 11 is 0. The second-order valence-electron chi connectivity index (χ2n) is 7.24. The fourth-order valence-electron chi connectivity index (χ4n) is 3.31. The Hall–Kier alpha value is -3.71. The predicted molar refractivity (Wildman–Crippen MR) is 115 cm³/mol. The number of piperazine rings is 1. The van der Waals surface area contributed by atoms with Crippen LogP contribution in [0.4, 0.5) is 19.7 Å². The van der Waals surface area contributed by atoms with Gasteiger partial charge in [-0.15, -0.1) is 0 Å². The van der Waals surface area contributed by atoms with E-state index in [9.17, 15) is 14.0 Å². The second kappa shape index (κ2) is 11.1. The van der Waals surface area contributed by atoms with Crippen LogP contribution in [0.2, 0.25) is 0 Å². The standard InChI is InChI=1S/C22H25FN6O3/c1-2-32-22(31)29-9-7-28(8-10-29)15-16-3-6-20(23)17(11-16)13-26-21(30)27-19-5-4-18(12-24)25-14-19/h3-6,11,14H,2,7-10,13,15H2,1H3,(H2,26,27,30). The largest absolute Gasteiger partial charge is 0.450 e. The molecule has 1 saturated heterocycles. The summed E-state index contributed by atoms with van der Waals surface area (Å²) in [7, 11) is 0. The van der Waals surface area contributed by atoms with Gasteiger partial charge in [0.1, 0.15) is 17.6 Å². The van der Waals surface area contributed by atoms with Gasteiger partial charge in [-0.2, -0.15) is 5.26 Å². The van der Waals surface area contributed by atoms with E-state index in [4.69, 9.17) is 10.00 Å². The quantitative estimate of drug-likeness (QED) is 0.715. The van der Waals surface area contributed by atoms with Crippen LogP contribution in [-0.4, -0.2) is 59.7 Å². The molecule has 10 heteroatoms. The molecule has 9 nitrogen and oxygen atoms in total. The lowest BCUT2D eigenvalue weighted by Crippen LogP contribution is -2.48. The van der Waals surface area contributed by atoms with Gasteiger partial charge in [-0.25, -0.2) is 19.0 Å². The van der Waals surface area contributed by atoms with Crippen molar-refractivity contribution >= 4 is 17.8 Å². The second-order valence-corrected chi connectivity index (χ2v) is 7.24. The van der Waals surface area contributed by atoms with Crippen molar-refractivity contribution in [2.24, 2.45) is 0 Å². The minimum Gasteiger partial charge on any atom is -0.450 e. The summed E-state index contributed by atoms with van der Waals surface area (Å²) in [6.07, 6.45) is 1.08. The van der Waals surface area contributed by atoms with Crippen LogP contribution >= 0.6 is 0 Å². The van der Waals surface area contributed by atoms with E-state index >= 15 is 0 Å². The molecule has 32 heavy (non-hydrogen) atoms. The average molecular weight is 440 g/mol. The summed E-state index contributed by atoms with van der Waals surface area (Å²) in [5, 5.41) is 14.0. The maximum Gasteiger partial charge on any atom is 0.409 e. The zero-order chi connectivity index (χ0) is 22.9. The van der Waals surface area contributed by atoms with Gasteiger partial charge in [0, 0.05) is 44.8 Å². The molecule has 2 heterocycles. The van der Waals surface area contributed by atoms with E-state index in [1.165, 1.54) is 18.3 Å². The van der Waals surface area contributed by atoms with E-state index in [0.29, 0.717) is 50.6 Å². The first kappa shape index (κ1) is 23.0. The fraction of sp³-hybridized carbons (Fsp3) is 0.364. The Kier molecular flexibility index (Phi) is 7.94. The van der Waals surface area contributed by atoms with Gasteiger partial charge < -0.3 is 20.3 Å². The molecule has 1 aromatic carbocycles. The third kappa shape index (κ3) is 6.39. The molecule has 3 rings (SSSR count). The van der Waals surface area contributed by atoms with E-state index < -0.39 is 11.8 Å². The Morgan fingerprint density at radius 1 is 1.22 bits per heavy atom. The van der Waals surface area contributed by atoms with Crippen LogP contribution in [0.5, 0.6) is 0 Å². The van der Waals surface area contributed by atoms with E-state index in [0.717, 1.165) is 5.56 Å². The molecule has 3 amide bonds. The predicted octanol–water partition coefficient (Wildman–Crippen LogP) is 2.69. The molecule has 0 atom stereocenters. The first-order chi connectivity index (χ1) is 15.5. The number of aromatic nitrogens is 1. The number of nitrogens with zero attached hydrogens (tertiary/aromatic N) is 4. The number of carbonyl (C=O) groups excluding carboxylic acids is 2. The molecule has 0 aliphatic carbocycles. The Bertz CT molecular complexity index is 984. The molecule has 1 aliphatic heterocycles. The molecule has 168 valence electrons. The summed E-state index contributed by atoms with van der Waals surface area (Å²) in [6, 6.07) is 9.30. The van der Waals surface area contributed by atoms with Crippen LogP contribution in [0, 0.1) is 17.1 Å². The van der Waals surface area contributed by atoms with Gasteiger partial charge in [0.05, 0.1) is 18.5 Å². The normalized spacial score (nSPS) is 13.8. The highest BCUT2D eigenvalue weighted by Gasteiger charge is 2.22. The van der Waals surface area contributed by atoms with Gasteiger partial charge in [0.15, 0.2) is 0 Å². The number of rotatable bonds is 6. The molecule has 1 aromatic heterocycles. The van der Waals surface area contributed by atoms with Crippen LogP contribution in [0.1, 0.15) is 23.7 Å². The van der Waals surface area contributed by atoms with Gasteiger partial charge in [-0.1, -0.05) is 6.07 Å². The first-order valence-electron chi connectivity index (χ1n) is 10.3. The molecule has 0 unspecified atom stereocenters. The minimum atomic E-state index is -0.503. The number of carbonyl (C=O) groups is 2. The Balaban J connectivity index is 1.50. The van der Waals surface area contributed by atoms with Gasteiger partial charge in [-0.3, -0.25) is 4.90 Å². The Morgan fingerprint density at radius 3 is 2.66 bits per heavy atom. The fourth-order valence-corrected chi connectivity index (χ4v) is 3.31. The molecule has 0 saturated carbocycles. The third-order valence-corrected chi connectivity index (χ3v) is 4.99. The summed E-state index contributed by atoms with van der Waals surface area (Å²) in [5.41, 5.74) is 1.97. The number of benzene rings is 1. The van der Waals surface area contributed by atoms with Crippen molar-refractivity contribution in [1.82, 2.24) is 20.1 Å². The van der Waals surface area contributed by atoms with Crippen LogP contribution < -0.4 is 10.6 Å². The summed E-state index contributed by atoms with van der Waals surface area (Å²) < 4.78 is 19.3. The highest BCUT2D eigenvalue weighted by molar-refractivity contribution is 5.88. The lowest BCUT2D eigenvalue weighted by Gasteiger charge is -2.34. The van der Waals surface area contributed by atoms with Crippen molar-refractivity contribution in [2.75, 3.05) is 38.1 Å². The van der Waals surface area contributed by atoms with Gasteiger partial charge in [0.2, 0.25) is 0 Å². The van der Waals surface area contributed by atoms with Crippen molar-refractivity contribution in [3.05, 3.63) is 59.2 Å². The molecule has 1 aliphatic rings. The maximum atomic E-state index is 14.2. The number of hydrogen-bond donors (Lipinski definition) is 2.